The maximum Gasteiger partial charge on any atom is 0.0707 e. The van der Waals surface area contributed by atoms with Crippen LogP contribution in [0, 0.1) is 0 Å². The molecule has 0 aromatic rings. The van der Waals surface area contributed by atoms with Gasteiger partial charge in [-0.1, -0.05) is 6.92 Å². The zero-order chi connectivity index (χ0) is 10.4. The van der Waals surface area contributed by atoms with Crippen molar-refractivity contribution in [3.8, 4) is 0 Å². The molecule has 0 bridgehead atoms. The highest BCUT2D eigenvalue weighted by Crippen LogP contribution is 2.19. The van der Waals surface area contributed by atoms with Crippen LogP contribution in [0.4, 0.5) is 0 Å². The second-order valence-corrected chi connectivity index (χ2v) is 4.42. The van der Waals surface area contributed by atoms with Gasteiger partial charge in [-0.25, -0.2) is 0 Å². The predicted octanol–water partition coefficient (Wildman–Crippen LogP) is 1.10. The number of hydrogen-bond acceptors (Lipinski definition) is 3. The van der Waals surface area contributed by atoms with Crippen LogP contribution in [0.3, 0.4) is 0 Å². The lowest BCUT2D eigenvalue weighted by atomic mass is 10.2. The molecule has 3 heteroatoms. The summed E-state index contributed by atoms with van der Waals surface area (Å²) in [4.78, 5) is 2.20. The summed E-state index contributed by atoms with van der Waals surface area (Å²) < 4.78 is 5.91. The highest BCUT2D eigenvalue weighted by molar-refractivity contribution is 4.76. The quantitative estimate of drug-likeness (QED) is 0.650. The van der Waals surface area contributed by atoms with Crippen LogP contribution in [-0.4, -0.2) is 50.8 Å². The number of hydrogen-bond donors (Lipinski definition) is 1. The fraction of sp³-hybridized carbons (Fsp3) is 1.00. The summed E-state index contributed by atoms with van der Waals surface area (Å²) in [5, 5.41) is 3.41. The van der Waals surface area contributed by atoms with E-state index in [9.17, 15) is 0 Å². The Morgan fingerprint density at radius 1 is 1.29 bits per heavy atom. The van der Waals surface area contributed by atoms with Crippen molar-refractivity contribution in [3.63, 3.8) is 0 Å². The van der Waals surface area contributed by atoms with Gasteiger partial charge in [0, 0.05) is 13.1 Å². The van der Waals surface area contributed by atoms with Gasteiger partial charge >= 0.3 is 0 Å². The molecule has 1 aliphatic heterocycles. The molecule has 1 heterocycles. The summed E-state index contributed by atoms with van der Waals surface area (Å²) in [5.41, 5.74) is 0. The van der Waals surface area contributed by atoms with Crippen LogP contribution in [0.15, 0.2) is 0 Å². The molecule has 0 aromatic heterocycles. The Balaban J connectivity index is 2.08. The molecule has 1 N–H and O–H groups in total. The molecule has 2 unspecified atom stereocenters. The minimum atomic E-state index is 0.450. The van der Waals surface area contributed by atoms with Gasteiger partial charge in [-0.15, -0.1) is 0 Å². The molecule has 1 aliphatic rings. The lowest BCUT2D eigenvalue weighted by Crippen LogP contribution is -2.30. The van der Waals surface area contributed by atoms with Crippen molar-refractivity contribution in [3.05, 3.63) is 0 Å². The number of rotatable bonds is 6. The van der Waals surface area contributed by atoms with Crippen molar-refractivity contribution in [1.82, 2.24) is 10.2 Å². The molecule has 0 aliphatic carbocycles. The summed E-state index contributed by atoms with van der Waals surface area (Å²) in [6.45, 7) is 5.39. The second kappa shape index (κ2) is 6.38. The number of ether oxygens (including phenoxy) is 1. The number of likely N-dealkylation sites (N-methyl/N-ethyl adjacent to an activating group) is 1. The number of nitrogens with one attached hydrogen (secondary N) is 1. The van der Waals surface area contributed by atoms with Gasteiger partial charge in [-0.3, -0.25) is 0 Å². The maximum absolute atomic E-state index is 5.91. The van der Waals surface area contributed by atoms with E-state index < -0.39 is 0 Å². The third-order valence-electron chi connectivity index (χ3n) is 2.56. The van der Waals surface area contributed by atoms with Crippen molar-refractivity contribution in [2.75, 3.05) is 33.7 Å². The molecule has 0 amide bonds. The van der Waals surface area contributed by atoms with E-state index in [-0.39, 0.29) is 0 Å². The lowest BCUT2D eigenvalue weighted by Gasteiger charge is -2.17. The van der Waals surface area contributed by atoms with Crippen molar-refractivity contribution in [2.45, 2.75) is 38.4 Å². The van der Waals surface area contributed by atoms with Gasteiger partial charge in [0.25, 0.3) is 0 Å². The van der Waals surface area contributed by atoms with Gasteiger partial charge in [-0.2, -0.15) is 0 Å². The van der Waals surface area contributed by atoms with Crippen LogP contribution in [0.2, 0.25) is 0 Å². The van der Waals surface area contributed by atoms with Gasteiger partial charge < -0.3 is 15.0 Å². The van der Waals surface area contributed by atoms with Gasteiger partial charge in [0.05, 0.1) is 12.2 Å². The third kappa shape index (κ3) is 4.40. The Kier molecular flexibility index (Phi) is 5.45. The highest BCUT2D eigenvalue weighted by Gasteiger charge is 2.24. The smallest absolute Gasteiger partial charge is 0.0707 e. The van der Waals surface area contributed by atoms with Crippen molar-refractivity contribution in [1.29, 1.82) is 0 Å². The second-order valence-electron chi connectivity index (χ2n) is 4.42. The van der Waals surface area contributed by atoms with Gasteiger partial charge in [0.15, 0.2) is 0 Å². The zero-order valence-corrected chi connectivity index (χ0v) is 9.75. The van der Waals surface area contributed by atoms with Crippen LogP contribution in [-0.2, 0) is 4.74 Å². The zero-order valence-electron chi connectivity index (χ0n) is 9.75. The van der Waals surface area contributed by atoms with Crippen LogP contribution >= 0.6 is 0 Å². The van der Waals surface area contributed by atoms with E-state index in [1.807, 2.05) is 0 Å². The van der Waals surface area contributed by atoms with E-state index in [0.29, 0.717) is 12.2 Å². The molecule has 14 heavy (non-hydrogen) atoms. The van der Waals surface area contributed by atoms with E-state index >= 15 is 0 Å². The molecule has 84 valence electrons. The maximum atomic E-state index is 5.91. The Hall–Kier alpha value is -0.120. The van der Waals surface area contributed by atoms with Crippen molar-refractivity contribution < 1.29 is 4.74 Å². The lowest BCUT2D eigenvalue weighted by molar-refractivity contribution is 0.0318. The van der Waals surface area contributed by atoms with E-state index in [1.54, 1.807) is 0 Å². The van der Waals surface area contributed by atoms with E-state index in [2.05, 4.69) is 31.2 Å². The molecule has 1 fully saturated rings. The Morgan fingerprint density at radius 2 is 2.00 bits per heavy atom. The Labute approximate surface area is 87.8 Å². The van der Waals surface area contributed by atoms with Crippen LogP contribution < -0.4 is 5.32 Å². The topological polar surface area (TPSA) is 24.5 Å². The summed E-state index contributed by atoms with van der Waals surface area (Å²) in [5.74, 6) is 0. The summed E-state index contributed by atoms with van der Waals surface area (Å²) in [7, 11) is 4.21. The van der Waals surface area contributed by atoms with Gasteiger partial charge in [-0.05, 0) is 39.9 Å². The van der Waals surface area contributed by atoms with Crippen molar-refractivity contribution in [2.24, 2.45) is 0 Å². The van der Waals surface area contributed by atoms with Crippen LogP contribution in [0.25, 0.3) is 0 Å². The first-order chi connectivity index (χ1) is 6.72. The average molecular weight is 200 g/mol. The van der Waals surface area contributed by atoms with Crippen LogP contribution in [0.5, 0.6) is 0 Å². The standard InChI is InChI=1S/C11H24N2O/c1-4-7-12-8-10-5-6-11(14-10)9-13(2)3/h10-12H,4-9H2,1-3H3. The molecule has 0 aromatic carbocycles. The molecule has 1 rings (SSSR count). The van der Waals surface area contributed by atoms with Gasteiger partial charge in [0.1, 0.15) is 0 Å². The largest absolute Gasteiger partial charge is 0.372 e. The Morgan fingerprint density at radius 3 is 2.64 bits per heavy atom. The molecule has 0 radical (unpaired) electrons. The molecule has 1 saturated heterocycles. The first kappa shape index (κ1) is 12.0. The first-order valence-electron chi connectivity index (χ1n) is 5.73. The normalized spacial score (nSPS) is 27.4. The monoisotopic (exact) mass is 200 g/mol. The van der Waals surface area contributed by atoms with E-state index in [1.165, 1.54) is 19.3 Å². The molecule has 0 spiro atoms. The minimum Gasteiger partial charge on any atom is -0.372 e. The van der Waals surface area contributed by atoms with E-state index in [0.717, 1.165) is 19.6 Å². The van der Waals surface area contributed by atoms with Crippen molar-refractivity contribution >= 4 is 0 Å². The third-order valence-corrected chi connectivity index (χ3v) is 2.56. The fourth-order valence-electron chi connectivity index (χ4n) is 1.91. The Bertz CT molecular complexity index is 150. The highest BCUT2D eigenvalue weighted by atomic mass is 16.5. The minimum absolute atomic E-state index is 0.450. The summed E-state index contributed by atoms with van der Waals surface area (Å²) in [6, 6.07) is 0. The predicted molar refractivity (Wildman–Crippen MR) is 59.6 cm³/mol. The molecule has 2 atom stereocenters. The summed E-state index contributed by atoms with van der Waals surface area (Å²) >= 11 is 0. The average Bonchev–Trinajstić information content (AvgIpc) is 2.52. The molecular formula is C11H24N2O. The van der Waals surface area contributed by atoms with Crippen LogP contribution in [0.1, 0.15) is 26.2 Å². The SMILES string of the molecule is CCCNCC1CCC(CN(C)C)O1. The van der Waals surface area contributed by atoms with E-state index in [4.69, 9.17) is 4.74 Å². The molecule has 0 saturated carbocycles. The fourth-order valence-corrected chi connectivity index (χ4v) is 1.91. The number of nitrogens with zero attached hydrogens (tertiary/aromatic N) is 1. The van der Waals surface area contributed by atoms with Gasteiger partial charge in [0.2, 0.25) is 0 Å². The summed E-state index contributed by atoms with van der Waals surface area (Å²) in [6.07, 6.45) is 4.55. The molecule has 3 nitrogen and oxygen atoms in total. The molecular weight excluding hydrogens is 176 g/mol. The first-order valence-corrected chi connectivity index (χ1v) is 5.73.